The number of benzene rings is 1. The topological polar surface area (TPSA) is 47.6 Å². The van der Waals surface area contributed by atoms with Crippen LogP contribution in [0.25, 0.3) is 0 Å². The van der Waals surface area contributed by atoms with Gasteiger partial charge in [0.1, 0.15) is 11.5 Å². The number of hydrogen-bond donors (Lipinski definition) is 1. The summed E-state index contributed by atoms with van der Waals surface area (Å²) in [6.07, 6.45) is -4.79. The highest BCUT2D eigenvalue weighted by molar-refractivity contribution is 5.98. The van der Waals surface area contributed by atoms with Crippen LogP contribution in [0, 0.1) is 0 Å². The van der Waals surface area contributed by atoms with E-state index in [0.29, 0.717) is 0 Å². The lowest BCUT2D eigenvalue weighted by atomic mass is 10.1. The van der Waals surface area contributed by atoms with Crippen LogP contribution in [-0.2, 0) is 0 Å². The van der Waals surface area contributed by atoms with Crippen LogP contribution >= 0.6 is 0 Å². The molecule has 1 aliphatic rings. The van der Waals surface area contributed by atoms with E-state index >= 15 is 0 Å². The summed E-state index contributed by atoms with van der Waals surface area (Å²) in [6, 6.07) is 3.37. The molecule has 1 aliphatic heterocycles. The van der Waals surface area contributed by atoms with Gasteiger partial charge in [-0.2, -0.15) is 0 Å². The van der Waals surface area contributed by atoms with Crippen LogP contribution in [0.3, 0.4) is 0 Å². The second-order valence-electron chi connectivity index (χ2n) is 4.27. The van der Waals surface area contributed by atoms with E-state index in [2.05, 4.69) is 10.1 Å². The second-order valence-corrected chi connectivity index (χ2v) is 4.27. The molecule has 0 fully saturated rings. The largest absolute Gasteiger partial charge is 0.573 e. The van der Waals surface area contributed by atoms with Gasteiger partial charge in [0.25, 0.3) is 5.91 Å². The molecule has 2 rings (SSSR count). The molecule has 0 aliphatic carbocycles. The van der Waals surface area contributed by atoms with Crippen LogP contribution in [0.2, 0.25) is 0 Å². The lowest BCUT2D eigenvalue weighted by Gasteiger charge is -2.33. The highest BCUT2D eigenvalue weighted by Gasteiger charge is 2.34. The summed E-state index contributed by atoms with van der Waals surface area (Å²) in [5.41, 5.74) is -0.882. The van der Waals surface area contributed by atoms with Crippen LogP contribution in [0.5, 0.6) is 11.5 Å². The van der Waals surface area contributed by atoms with Crippen LogP contribution in [0.4, 0.5) is 13.2 Å². The van der Waals surface area contributed by atoms with Crippen molar-refractivity contribution in [3.05, 3.63) is 23.8 Å². The van der Waals surface area contributed by atoms with Gasteiger partial charge in [-0.15, -0.1) is 13.2 Å². The van der Waals surface area contributed by atoms with Crippen molar-refractivity contribution in [3.8, 4) is 11.5 Å². The zero-order valence-corrected chi connectivity index (χ0v) is 9.59. The number of halogens is 3. The quantitative estimate of drug-likeness (QED) is 0.844. The third-order valence-electron chi connectivity index (χ3n) is 2.21. The number of rotatable bonds is 1. The minimum absolute atomic E-state index is 0.0103. The van der Waals surface area contributed by atoms with Gasteiger partial charge >= 0.3 is 6.36 Å². The number of nitrogens with one attached hydrogen (secondary N) is 1. The molecule has 1 heterocycles. The van der Waals surface area contributed by atoms with Crippen molar-refractivity contribution in [1.29, 1.82) is 0 Å². The zero-order valence-electron chi connectivity index (χ0n) is 9.59. The SMILES string of the molecule is CC1(C)NC(=O)c2cc(OC(F)(F)F)ccc2O1. The van der Waals surface area contributed by atoms with Crippen molar-refractivity contribution in [2.45, 2.75) is 25.9 Å². The fourth-order valence-electron chi connectivity index (χ4n) is 1.61. The van der Waals surface area contributed by atoms with Gasteiger partial charge in [0, 0.05) is 0 Å². The molecule has 1 amide bonds. The molecule has 1 aromatic carbocycles. The molecule has 4 nitrogen and oxygen atoms in total. The van der Waals surface area contributed by atoms with E-state index in [1.54, 1.807) is 13.8 Å². The molecule has 0 bridgehead atoms. The Kier molecular flexibility index (Phi) is 2.64. The molecule has 0 saturated heterocycles. The van der Waals surface area contributed by atoms with E-state index in [0.717, 1.165) is 12.1 Å². The summed E-state index contributed by atoms with van der Waals surface area (Å²) in [6.45, 7) is 3.27. The van der Waals surface area contributed by atoms with E-state index in [9.17, 15) is 18.0 Å². The number of amides is 1. The second kappa shape index (κ2) is 3.79. The minimum Gasteiger partial charge on any atom is -0.468 e. The minimum atomic E-state index is -4.79. The van der Waals surface area contributed by atoms with Gasteiger partial charge in [-0.25, -0.2) is 0 Å². The summed E-state index contributed by atoms with van der Waals surface area (Å²) >= 11 is 0. The Labute approximate surface area is 101 Å². The van der Waals surface area contributed by atoms with Gasteiger partial charge < -0.3 is 14.8 Å². The van der Waals surface area contributed by atoms with Gasteiger partial charge in [-0.3, -0.25) is 4.79 Å². The van der Waals surface area contributed by atoms with Gasteiger partial charge in [0.2, 0.25) is 0 Å². The Bertz CT molecular complexity index is 497. The number of carbonyl (C=O) groups is 1. The predicted octanol–water partition coefficient (Wildman–Crippen LogP) is 2.44. The van der Waals surface area contributed by atoms with Gasteiger partial charge in [0.15, 0.2) is 5.72 Å². The Balaban J connectivity index is 2.34. The summed E-state index contributed by atoms with van der Waals surface area (Å²) in [4.78, 5) is 11.7. The molecule has 1 aromatic rings. The Morgan fingerprint density at radius 3 is 2.61 bits per heavy atom. The maximum atomic E-state index is 12.0. The molecule has 1 N–H and O–H groups in total. The smallest absolute Gasteiger partial charge is 0.468 e. The molecular weight excluding hydrogens is 251 g/mol. The van der Waals surface area contributed by atoms with Crippen LogP contribution < -0.4 is 14.8 Å². The number of fused-ring (bicyclic) bond motifs is 1. The van der Waals surface area contributed by atoms with Crippen LogP contribution in [0.1, 0.15) is 24.2 Å². The lowest BCUT2D eigenvalue weighted by molar-refractivity contribution is -0.274. The third-order valence-corrected chi connectivity index (χ3v) is 2.21. The van der Waals surface area contributed by atoms with Crippen molar-refractivity contribution in [2.24, 2.45) is 0 Å². The molecule has 0 unspecified atom stereocenters. The number of hydrogen-bond acceptors (Lipinski definition) is 3. The summed E-state index contributed by atoms with van der Waals surface area (Å²) in [7, 11) is 0. The van der Waals surface area contributed by atoms with Crippen LogP contribution in [0.15, 0.2) is 18.2 Å². The molecule has 0 radical (unpaired) electrons. The van der Waals surface area contributed by atoms with Crippen LogP contribution in [-0.4, -0.2) is 18.0 Å². The first-order valence-corrected chi connectivity index (χ1v) is 5.08. The number of carbonyl (C=O) groups excluding carboxylic acids is 1. The monoisotopic (exact) mass is 261 g/mol. The maximum Gasteiger partial charge on any atom is 0.573 e. The Morgan fingerprint density at radius 1 is 1.33 bits per heavy atom. The zero-order chi connectivity index (χ0) is 13.6. The first kappa shape index (κ1) is 12.5. The highest BCUT2D eigenvalue weighted by atomic mass is 19.4. The van der Waals surface area contributed by atoms with Crippen molar-refractivity contribution in [3.63, 3.8) is 0 Å². The Hall–Kier alpha value is -1.92. The van der Waals surface area contributed by atoms with E-state index in [1.165, 1.54) is 6.07 Å². The first-order valence-electron chi connectivity index (χ1n) is 5.08. The normalized spacial score (nSPS) is 17.5. The van der Waals surface area contributed by atoms with Crippen molar-refractivity contribution in [1.82, 2.24) is 5.32 Å². The average Bonchev–Trinajstić information content (AvgIpc) is 2.15. The van der Waals surface area contributed by atoms with Crippen molar-refractivity contribution < 1.29 is 27.4 Å². The van der Waals surface area contributed by atoms with Crippen molar-refractivity contribution >= 4 is 5.91 Å². The van der Waals surface area contributed by atoms with Gasteiger partial charge in [-0.05, 0) is 32.0 Å². The molecule has 0 atom stereocenters. The van der Waals surface area contributed by atoms with E-state index in [4.69, 9.17) is 4.74 Å². The average molecular weight is 261 g/mol. The maximum absolute atomic E-state index is 12.0. The standard InChI is InChI=1S/C11H10F3NO3/c1-10(2)15-9(16)7-5-6(17-11(12,13)14)3-4-8(7)18-10/h3-5H,1-2H3,(H,15,16). The van der Waals surface area contributed by atoms with E-state index < -0.39 is 23.7 Å². The van der Waals surface area contributed by atoms with Gasteiger partial charge in [0.05, 0.1) is 5.56 Å². The van der Waals surface area contributed by atoms with E-state index in [1.807, 2.05) is 0 Å². The fraction of sp³-hybridized carbons (Fsp3) is 0.364. The van der Waals surface area contributed by atoms with Crippen molar-refractivity contribution in [2.75, 3.05) is 0 Å². The Morgan fingerprint density at radius 2 is 2.00 bits per heavy atom. The summed E-state index contributed by atoms with van der Waals surface area (Å²) in [5.74, 6) is -0.744. The first-order chi connectivity index (χ1) is 8.16. The molecule has 7 heteroatoms. The fourth-order valence-corrected chi connectivity index (χ4v) is 1.61. The lowest BCUT2D eigenvalue weighted by Crippen LogP contribution is -2.51. The number of alkyl halides is 3. The molecule has 0 saturated carbocycles. The molecule has 18 heavy (non-hydrogen) atoms. The highest BCUT2D eigenvalue weighted by Crippen LogP contribution is 2.32. The predicted molar refractivity (Wildman–Crippen MR) is 55.3 cm³/mol. The number of ether oxygens (including phenoxy) is 2. The summed E-state index contributed by atoms with van der Waals surface area (Å²) < 4.78 is 45.3. The van der Waals surface area contributed by atoms with E-state index in [-0.39, 0.29) is 11.3 Å². The molecule has 0 aromatic heterocycles. The van der Waals surface area contributed by atoms with Gasteiger partial charge in [-0.1, -0.05) is 0 Å². The molecular formula is C11H10F3NO3. The molecule has 98 valence electrons. The third kappa shape index (κ3) is 2.66. The molecule has 0 spiro atoms. The summed E-state index contributed by atoms with van der Waals surface area (Å²) in [5, 5.41) is 2.50.